The summed E-state index contributed by atoms with van der Waals surface area (Å²) in [4.78, 5) is 18.2. The predicted molar refractivity (Wildman–Crippen MR) is 91.0 cm³/mol. The van der Waals surface area contributed by atoms with Gasteiger partial charge in [-0.2, -0.15) is 0 Å². The van der Waals surface area contributed by atoms with Crippen molar-refractivity contribution in [1.82, 2.24) is 5.32 Å². The Bertz CT molecular complexity index is 663. The minimum absolute atomic E-state index is 0.734. The Labute approximate surface area is 142 Å². The van der Waals surface area contributed by atoms with E-state index in [-0.39, 0.29) is 0 Å². The third-order valence-corrected chi connectivity index (χ3v) is 3.66. The molecule has 0 spiro atoms. The number of ether oxygens (including phenoxy) is 1. The van der Waals surface area contributed by atoms with Crippen molar-refractivity contribution in [2.45, 2.75) is 6.42 Å². The Hall–Kier alpha value is -2.12. The smallest absolute Gasteiger partial charge is 0.414 e. The van der Waals surface area contributed by atoms with Crippen LogP contribution in [0.1, 0.15) is 6.42 Å². The highest BCUT2D eigenvalue weighted by Crippen LogP contribution is 2.32. The van der Waals surface area contributed by atoms with Crippen molar-refractivity contribution in [2.75, 3.05) is 20.2 Å². The summed E-state index contributed by atoms with van der Waals surface area (Å²) < 4.78 is 6.80. The average Bonchev–Trinajstić information content (AvgIpc) is 2.54. The zero-order valence-electron chi connectivity index (χ0n) is 12.6. The van der Waals surface area contributed by atoms with E-state index < -0.39 is 11.9 Å². The first kappa shape index (κ1) is 18.9. The summed E-state index contributed by atoms with van der Waals surface area (Å²) in [5.74, 6) is -2.73. The zero-order valence-corrected chi connectivity index (χ0v) is 14.2. The molecule has 0 radical (unpaired) electrons. The Balaban J connectivity index is 0.000000379. The Morgan fingerprint density at radius 1 is 1.13 bits per heavy atom. The predicted octanol–water partition coefficient (Wildman–Crippen LogP) is 2.75. The van der Waals surface area contributed by atoms with E-state index in [1.54, 1.807) is 0 Å². The van der Waals surface area contributed by atoms with Gasteiger partial charge in [0.25, 0.3) is 0 Å². The van der Waals surface area contributed by atoms with Crippen molar-refractivity contribution in [2.24, 2.45) is 0 Å². The molecule has 0 unspecified atom stereocenters. The van der Waals surface area contributed by atoms with Gasteiger partial charge in [0.2, 0.25) is 0 Å². The van der Waals surface area contributed by atoms with Gasteiger partial charge in [-0.3, -0.25) is 0 Å². The Morgan fingerprint density at radius 3 is 2.39 bits per heavy atom. The molecule has 3 N–H and O–H groups in total. The quantitative estimate of drug-likeness (QED) is 0.542. The average molecular weight is 384 g/mol. The lowest BCUT2D eigenvalue weighted by atomic mass is 10.1. The topological polar surface area (TPSA) is 95.9 Å². The van der Waals surface area contributed by atoms with Crippen LogP contribution in [0, 0.1) is 0 Å². The van der Waals surface area contributed by atoms with Gasteiger partial charge in [-0.1, -0.05) is 30.3 Å². The fourth-order valence-corrected chi connectivity index (χ4v) is 2.36. The fraction of sp³-hybridized carbons (Fsp3) is 0.250. The van der Waals surface area contributed by atoms with Crippen LogP contribution in [0.5, 0.6) is 5.75 Å². The van der Waals surface area contributed by atoms with Gasteiger partial charge in [-0.05, 0) is 52.8 Å². The van der Waals surface area contributed by atoms with E-state index in [0.29, 0.717) is 0 Å². The third kappa shape index (κ3) is 6.25. The van der Waals surface area contributed by atoms with Crippen molar-refractivity contribution in [3.05, 3.63) is 40.9 Å². The molecular formula is C16H18BrNO5. The lowest BCUT2D eigenvalue weighted by Crippen LogP contribution is -2.11. The molecular weight excluding hydrogens is 366 g/mol. The Kier molecular flexibility index (Phi) is 8.07. The van der Waals surface area contributed by atoms with Crippen LogP contribution < -0.4 is 10.1 Å². The third-order valence-electron chi connectivity index (χ3n) is 2.84. The first-order valence-electron chi connectivity index (χ1n) is 6.88. The van der Waals surface area contributed by atoms with Crippen molar-refractivity contribution >= 4 is 38.6 Å². The number of carboxylic acids is 2. The van der Waals surface area contributed by atoms with Gasteiger partial charge < -0.3 is 20.3 Å². The molecule has 0 saturated carbocycles. The van der Waals surface area contributed by atoms with E-state index in [4.69, 9.17) is 24.5 Å². The van der Waals surface area contributed by atoms with Crippen LogP contribution in [0.15, 0.2) is 40.9 Å². The summed E-state index contributed by atoms with van der Waals surface area (Å²) in [5, 5.41) is 20.3. The molecule has 0 aliphatic carbocycles. The highest BCUT2D eigenvalue weighted by Gasteiger charge is 2.05. The molecule has 7 heteroatoms. The summed E-state index contributed by atoms with van der Waals surface area (Å²) >= 11 is 3.61. The fourth-order valence-electron chi connectivity index (χ4n) is 1.76. The lowest BCUT2D eigenvalue weighted by Gasteiger charge is -2.10. The second kappa shape index (κ2) is 9.81. The standard InChI is InChI=1S/C14H16BrNO.C2H2O4/c1-16-9-4-10-17-13-8-7-11-5-2-3-6-12(11)14(13)15;3-1(4)2(5)6/h2-3,5-8,16H,4,9-10H2,1H3;(H,3,4)(H,5,6). The van der Waals surface area contributed by atoms with Gasteiger partial charge >= 0.3 is 11.9 Å². The normalized spacial score (nSPS) is 9.83. The molecule has 2 aromatic rings. The minimum atomic E-state index is -1.82. The SMILES string of the molecule is CNCCCOc1ccc2ccccc2c1Br.O=C(O)C(=O)O. The van der Waals surface area contributed by atoms with Crippen LogP contribution in [0.4, 0.5) is 0 Å². The zero-order chi connectivity index (χ0) is 17.2. The van der Waals surface area contributed by atoms with Crippen LogP contribution in [0.3, 0.4) is 0 Å². The second-order valence-corrected chi connectivity index (χ2v) is 5.31. The Morgan fingerprint density at radius 2 is 1.78 bits per heavy atom. The van der Waals surface area contributed by atoms with E-state index in [9.17, 15) is 0 Å². The molecule has 0 aliphatic heterocycles. The molecule has 0 atom stereocenters. The molecule has 0 heterocycles. The van der Waals surface area contributed by atoms with Crippen molar-refractivity contribution < 1.29 is 24.5 Å². The van der Waals surface area contributed by atoms with Crippen LogP contribution in [0.25, 0.3) is 10.8 Å². The summed E-state index contributed by atoms with van der Waals surface area (Å²) in [5.41, 5.74) is 0. The number of aliphatic carboxylic acids is 2. The number of carbonyl (C=O) groups is 2. The van der Waals surface area contributed by atoms with E-state index in [1.807, 2.05) is 25.2 Å². The molecule has 0 fully saturated rings. The molecule has 0 saturated heterocycles. The number of nitrogens with one attached hydrogen (secondary N) is 1. The van der Waals surface area contributed by atoms with Crippen molar-refractivity contribution in [3.63, 3.8) is 0 Å². The van der Waals surface area contributed by atoms with Crippen molar-refractivity contribution in [1.29, 1.82) is 0 Å². The van der Waals surface area contributed by atoms with Gasteiger partial charge in [-0.15, -0.1) is 0 Å². The van der Waals surface area contributed by atoms with E-state index in [0.717, 1.165) is 29.8 Å². The summed E-state index contributed by atoms with van der Waals surface area (Å²) in [6, 6.07) is 12.4. The summed E-state index contributed by atoms with van der Waals surface area (Å²) in [6.07, 6.45) is 1.01. The molecule has 0 aromatic heterocycles. The first-order valence-corrected chi connectivity index (χ1v) is 7.67. The molecule has 0 amide bonds. The summed E-state index contributed by atoms with van der Waals surface area (Å²) in [6.45, 7) is 1.71. The summed E-state index contributed by atoms with van der Waals surface area (Å²) in [7, 11) is 1.95. The van der Waals surface area contributed by atoms with Gasteiger partial charge in [0.05, 0.1) is 11.1 Å². The van der Waals surface area contributed by atoms with E-state index in [2.05, 4.69) is 39.4 Å². The van der Waals surface area contributed by atoms with Crippen LogP contribution in [0.2, 0.25) is 0 Å². The van der Waals surface area contributed by atoms with Crippen LogP contribution in [-0.2, 0) is 9.59 Å². The number of carboxylic acid groups (broad SMARTS) is 2. The van der Waals surface area contributed by atoms with Gasteiger partial charge in [-0.25, -0.2) is 9.59 Å². The number of hydrogen-bond donors (Lipinski definition) is 3. The monoisotopic (exact) mass is 383 g/mol. The lowest BCUT2D eigenvalue weighted by molar-refractivity contribution is -0.159. The van der Waals surface area contributed by atoms with Gasteiger partial charge in [0, 0.05) is 0 Å². The molecule has 0 aliphatic rings. The number of halogens is 1. The number of rotatable bonds is 5. The number of hydrogen-bond acceptors (Lipinski definition) is 4. The second-order valence-electron chi connectivity index (χ2n) is 4.51. The maximum Gasteiger partial charge on any atom is 0.414 e. The molecule has 23 heavy (non-hydrogen) atoms. The first-order chi connectivity index (χ1) is 11.0. The highest BCUT2D eigenvalue weighted by atomic mass is 79.9. The minimum Gasteiger partial charge on any atom is -0.492 e. The number of fused-ring (bicyclic) bond motifs is 1. The molecule has 124 valence electrons. The van der Waals surface area contributed by atoms with Gasteiger partial charge in [0.15, 0.2) is 0 Å². The van der Waals surface area contributed by atoms with E-state index >= 15 is 0 Å². The largest absolute Gasteiger partial charge is 0.492 e. The molecule has 0 bridgehead atoms. The number of benzene rings is 2. The van der Waals surface area contributed by atoms with Crippen LogP contribution in [-0.4, -0.2) is 42.4 Å². The van der Waals surface area contributed by atoms with Crippen LogP contribution >= 0.6 is 15.9 Å². The van der Waals surface area contributed by atoms with Gasteiger partial charge in [0.1, 0.15) is 5.75 Å². The van der Waals surface area contributed by atoms with Crippen molar-refractivity contribution in [3.8, 4) is 5.75 Å². The molecule has 6 nitrogen and oxygen atoms in total. The molecule has 2 rings (SSSR count). The maximum absolute atomic E-state index is 9.10. The maximum atomic E-state index is 9.10. The molecule has 2 aromatic carbocycles. The van der Waals surface area contributed by atoms with E-state index in [1.165, 1.54) is 10.8 Å². The highest BCUT2D eigenvalue weighted by molar-refractivity contribution is 9.10.